The summed E-state index contributed by atoms with van der Waals surface area (Å²) in [5.41, 5.74) is 2.96. The second-order valence-corrected chi connectivity index (χ2v) is 10.7. The van der Waals surface area contributed by atoms with Crippen molar-refractivity contribution < 1.29 is 13.0 Å². The second-order valence-electron chi connectivity index (χ2n) is 10.7. The molecule has 3 rings (SSSR count). The van der Waals surface area contributed by atoms with Crippen molar-refractivity contribution in [3.05, 3.63) is 47.6 Å². The number of hydrogen-bond donors (Lipinski definition) is 2. The van der Waals surface area contributed by atoms with Crippen LogP contribution in [0.25, 0.3) is 0 Å². The van der Waals surface area contributed by atoms with Gasteiger partial charge >= 0.3 is 0 Å². The molecule has 0 spiro atoms. The summed E-state index contributed by atoms with van der Waals surface area (Å²) in [5.74, 6) is 3.08. The molecule has 3 aliphatic rings. The lowest BCUT2D eigenvalue weighted by atomic mass is 9.61. The molecular weight excluding hydrogens is 368 g/mol. The summed E-state index contributed by atoms with van der Waals surface area (Å²) in [6.45, 7) is 15.7. The number of aliphatic hydroxyl groups excluding tert-OH is 1. The van der Waals surface area contributed by atoms with E-state index in [1.807, 2.05) is 6.08 Å². The third-order valence-corrected chi connectivity index (χ3v) is 8.42. The van der Waals surface area contributed by atoms with E-state index < -0.39 is 18.6 Å². The van der Waals surface area contributed by atoms with E-state index in [4.69, 9.17) is 4.17 Å². The Morgan fingerprint density at radius 1 is 1.23 bits per heavy atom. The van der Waals surface area contributed by atoms with E-state index in [9.17, 15) is 5.11 Å². The quantitative estimate of drug-likeness (QED) is 0.479. The van der Waals surface area contributed by atoms with Gasteiger partial charge in [0, 0.05) is 7.77 Å². The van der Waals surface area contributed by atoms with Crippen molar-refractivity contribution in [3.8, 4) is 0 Å². The van der Waals surface area contributed by atoms with Gasteiger partial charge in [-0.15, -0.1) is 0 Å². The molecule has 2 unspecified atom stereocenters. The molecule has 0 radical (unpaired) electrons. The molecule has 0 amide bonds. The van der Waals surface area contributed by atoms with Crippen LogP contribution in [0.15, 0.2) is 47.6 Å². The summed E-state index contributed by atoms with van der Waals surface area (Å²) in [5, 5.41) is 15.0. The van der Waals surface area contributed by atoms with Gasteiger partial charge in [0.1, 0.15) is 0 Å². The number of rotatable bonds is 6. The Hall–Kier alpha value is -1.12. The predicted octanol–water partition coefficient (Wildman–Crippen LogP) is 6.61. The molecule has 0 aromatic rings. The first-order valence-corrected chi connectivity index (χ1v) is 12.0. The molecule has 0 heterocycles. The maximum atomic E-state index is 10.4. The number of fused-ring (bicyclic) bond motifs is 1. The van der Waals surface area contributed by atoms with Gasteiger partial charge in [0.15, 0.2) is 0 Å². The molecule has 3 fully saturated rings. The Labute approximate surface area is 189 Å². The molecule has 0 saturated heterocycles. The van der Waals surface area contributed by atoms with Crippen LogP contribution in [-0.2, 0) is 0 Å². The molecule has 2 heteroatoms. The van der Waals surface area contributed by atoms with Crippen LogP contribution < -0.4 is 0 Å². The first kappa shape index (κ1) is 19.6. The highest BCUT2D eigenvalue weighted by Gasteiger charge is 2.50. The van der Waals surface area contributed by atoms with Crippen LogP contribution in [0.2, 0.25) is 0 Å². The van der Waals surface area contributed by atoms with E-state index in [0.717, 1.165) is 12.0 Å². The minimum Gasteiger partial charge on any atom is -0.393 e. The second kappa shape index (κ2) is 9.57. The molecule has 8 atom stereocenters. The highest BCUT2D eigenvalue weighted by Crippen LogP contribution is 2.59. The molecule has 2 N–H and O–H groups in total. The summed E-state index contributed by atoms with van der Waals surface area (Å²) < 4.78 is 23.6. The van der Waals surface area contributed by atoms with Crippen LogP contribution in [0.5, 0.6) is 0 Å². The van der Waals surface area contributed by atoms with Crippen LogP contribution in [0.1, 0.15) is 82.3 Å². The first-order chi connectivity index (χ1) is 15.4. The molecule has 0 aromatic heterocycles. The van der Waals surface area contributed by atoms with Crippen molar-refractivity contribution in [1.82, 2.24) is 0 Å². The largest absolute Gasteiger partial charge is 0.393 e. The molecule has 30 heavy (non-hydrogen) atoms. The van der Waals surface area contributed by atoms with Gasteiger partial charge in [-0.3, -0.25) is 0 Å². The molecule has 0 aliphatic heterocycles. The highest BCUT2D eigenvalue weighted by atomic mass is 16.3. The zero-order valence-electron chi connectivity index (χ0n) is 22.7. The summed E-state index contributed by atoms with van der Waals surface area (Å²) in [7, 11) is 0. The van der Waals surface area contributed by atoms with Gasteiger partial charge in [0.05, 0.1) is 13.6 Å². The number of allylic oxidation sites excluding steroid dienone is 5. The Bertz CT molecular complexity index is 816. The fraction of sp³-hybridized carbons (Fsp3) is 0.714. The number of aliphatic hydroxyl groups is 2. The maximum absolute atomic E-state index is 10.4. The van der Waals surface area contributed by atoms with E-state index >= 15 is 0 Å². The Kier molecular flexibility index (Phi) is 6.24. The summed E-state index contributed by atoms with van der Waals surface area (Å²) >= 11 is 0. The maximum Gasteiger partial charge on any atom is 0.210 e. The van der Waals surface area contributed by atoms with Crippen molar-refractivity contribution in [2.75, 3.05) is 0 Å². The Balaban J connectivity index is 1.81. The van der Waals surface area contributed by atoms with Gasteiger partial charge < -0.3 is 10.2 Å². The Morgan fingerprint density at radius 3 is 2.70 bits per heavy atom. The third kappa shape index (κ3) is 4.86. The van der Waals surface area contributed by atoms with Gasteiger partial charge in [-0.1, -0.05) is 71.1 Å². The van der Waals surface area contributed by atoms with Crippen LogP contribution in [0.3, 0.4) is 0 Å². The van der Waals surface area contributed by atoms with Crippen LogP contribution in [0, 0.1) is 35.0 Å². The van der Waals surface area contributed by atoms with Gasteiger partial charge in [0.25, 0.3) is 0 Å². The first-order valence-electron chi connectivity index (χ1n) is 13.4. The van der Waals surface area contributed by atoms with Gasteiger partial charge in [-0.25, -0.2) is 0 Å². The van der Waals surface area contributed by atoms with E-state index in [0.29, 0.717) is 40.6 Å². The van der Waals surface area contributed by atoms with Gasteiger partial charge in [-0.05, 0) is 84.7 Å². The fourth-order valence-corrected chi connectivity index (χ4v) is 6.05. The molecule has 0 aromatic carbocycles. The molecule has 3 saturated carbocycles. The topological polar surface area (TPSA) is 40.5 Å². The van der Waals surface area contributed by atoms with Gasteiger partial charge in [0.2, 0.25) is 1.43 Å². The van der Waals surface area contributed by atoms with Gasteiger partial charge in [-0.2, -0.15) is 0 Å². The average Bonchev–Trinajstić information content (AvgIpc) is 3.14. The lowest BCUT2D eigenvalue weighted by Gasteiger charge is -2.44. The van der Waals surface area contributed by atoms with E-state index in [2.05, 4.69) is 64.5 Å². The average molecular weight is 416 g/mol. The monoisotopic (exact) mass is 415 g/mol. The van der Waals surface area contributed by atoms with Crippen molar-refractivity contribution in [2.24, 2.45) is 35.0 Å². The fourth-order valence-electron chi connectivity index (χ4n) is 6.05. The summed E-state index contributed by atoms with van der Waals surface area (Å²) in [4.78, 5) is 0. The predicted molar refractivity (Wildman–Crippen MR) is 127 cm³/mol. The van der Waals surface area contributed by atoms with Crippen molar-refractivity contribution in [2.45, 2.75) is 91.7 Å². The lowest BCUT2D eigenvalue weighted by Crippen LogP contribution is -2.35. The minimum atomic E-state index is -1.76. The summed E-state index contributed by atoms with van der Waals surface area (Å²) in [6.07, 6.45) is 11.0. The third-order valence-electron chi connectivity index (χ3n) is 8.42. The van der Waals surface area contributed by atoms with Crippen molar-refractivity contribution in [1.29, 1.82) is 1.43 Å². The van der Waals surface area contributed by atoms with Crippen LogP contribution in [-0.4, -0.2) is 23.8 Å². The normalized spacial score (nSPS) is 46.1. The van der Waals surface area contributed by atoms with E-state index in [-0.39, 0.29) is 6.42 Å². The number of hydrogen-bond acceptors (Lipinski definition) is 2. The van der Waals surface area contributed by atoms with Crippen molar-refractivity contribution in [3.63, 3.8) is 0 Å². The zero-order valence-corrected chi connectivity index (χ0v) is 19.7. The van der Waals surface area contributed by atoms with E-state index in [1.165, 1.54) is 31.3 Å². The molecule has 2 nitrogen and oxygen atoms in total. The molecule has 3 aliphatic carbocycles. The summed E-state index contributed by atoms with van der Waals surface area (Å²) in [6, 6.07) is 0. The highest BCUT2D eigenvalue weighted by molar-refractivity contribution is 5.38. The smallest absolute Gasteiger partial charge is 0.210 e. The van der Waals surface area contributed by atoms with Crippen molar-refractivity contribution >= 4 is 0 Å². The molecular formula is C28H44O2. The Morgan fingerprint density at radius 2 is 2.00 bits per heavy atom. The van der Waals surface area contributed by atoms with Crippen LogP contribution >= 0.6 is 0 Å². The molecule has 0 bridgehead atoms. The van der Waals surface area contributed by atoms with Crippen LogP contribution in [0.4, 0.5) is 0 Å². The standard InChI is InChI=1S/C28H44O2/c1-18(2)19(3)9-10-20(4)25-13-14-26-22(8-7-15-28(25,26)6)11-12-23-16-24(29)17-27(30)21(23)5/h9-12,18-20,24-27,29-30H,5,7-8,13-17H2,1-4,6H3/b10-9+,22-11?,23-12?/t19-,20+,24+,25+,26?,27-,28+/m0/s1/i17D,24D,29D/t17?,19-,20+,24+,25+,26?,27-,28+. The van der Waals surface area contributed by atoms with E-state index in [1.54, 1.807) is 0 Å². The zero-order chi connectivity index (χ0) is 24.6. The minimum absolute atomic E-state index is 0.102. The molecule has 168 valence electrons. The SMILES string of the molecule is [2H]O[C@]1([2H])CC(=CC=C2CCC[C@@]3(C)C2CC[C@@H]3[C@H](C)/C=C/[C@H](C)C(C)C)C(=C)[C@@H](O)C1[2H]. The lowest BCUT2D eigenvalue weighted by molar-refractivity contribution is 0.0862.